The number of alkyl halides is 3. The summed E-state index contributed by atoms with van der Waals surface area (Å²) >= 11 is 0. The number of imidazole rings is 1. The lowest BCUT2D eigenvalue weighted by molar-refractivity contribution is -0.137. The van der Waals surface area contributed by atoms with Gasteiger partial charge in [0.15, 0.2) is 5.96 Å². The summed E-state index contributed by atoms with van der Waals surface area (Å²) in [6.45, 7) is 6.98. The molecule has 8 heteroatoms. The van der Waals surface area contributed by atoms with E-state index in [1.165, 1.54) is 12.1 Å². The van der Waals surface area contributed by atoms with Gasteiger partial charge in [-0.25, -0.2) is 4.98 Å². The van der Waals surface area contributed by atoms with E-state index in [0.717, 1.165) is 55.4 Å². The Morgan fingerprint density at radius 1 is 1.14 bits per heavy atom. The van der Waals surface area contributed by atoms with Crippen molar-refractivity contribution in [3.8, 4) is 0 Å². The lowest BCUT2D eigenvalue weighted by atomic mass is 10.1. The number of guanidine groups is 1. The van der Waals surface area contributed by atoms with E-state index in [-0.39, 0.29) is 0 Å². The Balaban J connectivity index is 1.72. The molecule has 0 amide bonds. The molecular formula is C20H28F3N5. The van der Waals surface area contributed by atoms with E-state index in [9.17, 15) is 13.2 Å². The van der Waals surface area contributed by atoms with Crippen LogP contribution in [0.1, 0.15) is 36.7 Å². The molecule has 0 aliphatic carbocycles. The number of unbranched alkanes of at least 4 members (excludes halogenated alkanes) is 1. The second-order valence-electron chi connectivity index (χ2n) is 6.51. The van der Waals surface area contributed by atoms with Gasteiger partial charge < -0.3 is 15.2 Å². The molecule has 0 saturated carbocycles. The molecule has 1 heterocycles. The van der Waals surface area contributed by atoms with E-state index in [2.05, 4.69) is 25.2 Å². The minimum atomic E-state index is -4.29. The highest BCUT2D eigenvalue weighted by molar-refractivity contribution is 5.79. The molecule has 0 spiro atoms. The summed E-state index contributed by atoms with van der Waals surface area (Å²) < 4.78 is 39.9. The summed E-state index contributed by atoms with van der Waals surface area (Å²) in [5, 5.41) is 6.42. The Morgan fingerprint density at radius 3 is 2.50 bits per heavy atom. The van der Waals surface area contributed by atoms with Crippen molar-refractivity contribution in [2.75, 3.05) is 19.6 Å². The summed E-state index contributed by atoms with van der Waals surface area (Å²) in [5.74, 6) is 1.75. The Kier molecular flexibility index (Phi) is 8.35. The van der Waals surface area contributed by atoms with Gasteiger partial charge in [-0.3, -0.25) is 4.99 Å². The van der Waals surface area contributed by atoms with Crippen molar-refractivity contribution in [2.24, 2.45) is 4.99 Å². The fourth-order valence-corrected chi connectivity index (χ4v) is 2.75. The average Bonchev–Trinajstić information content (AvgIpc) is 3.06. The Bertz CT molecular complexity index is 735. The zero-order chi connectivity index (χ0) is 20.4. The maximum atomic E-state index is 12.6. The van der Waals surface area contributed by atoms with E-state index in [0.29, 0.717) is 19.5 Å². The molecule has 0 bridgehead atoms. The number of aryl methyl sites for hydroxylation is 2. The quantitative estimate of drug-likeness (QED) is 0.386. The van der Waals surface area contributed by atoms with Gasteiger partial charge in [0.05, 0.1) is 5.56 Å². The first-order chi connectivity index (χ1) is 13.4. The second-order valence-corrected chi connectivity index (χ2v) is 6.51. The number of nitrogens with one attached hydrogen (secondary N) is 2. The van der Waals surface area contributed by atoms with Crippen molar-refractivity contribution in [1.29, 1.82) is 0 Å². The third-order valence-corrected chi connectivity index (χ3v) is 4.33. The van der Waals surface area contributed by atoms with Crippen LogP contribution in [0.3, 0.4) is 0 Å². The monoisotopic (exact) mass is 395 g/mol. The van der Waals surface area contributed by atoms with E-state index in [1.807, 2.05) is 20.0 Å². The summed E-state index contributed by atoms with van der Waals surface area (Å²) in [4.78, 5) is 8.76. The zero-order valence-corrected chi connectivity index (χ0v) is 16.4. The topological polar surface area (TPSA) is 54.2 Å². The Hall–Kier alpha value is -2.51. The van der Waals surface area contributed by atoms with Gasteiger partial charge in [-0.1, -0.05) is 12.1 Å². The number of halogens is 3. The number of rotatable bonds is 9. The number of benzene rings is 1. The van der Waals surface area contributed by atoms with E-state index in [1.54, 1.807) is 6.20 Å². The first-order valence-electron chi connectivity index (χ1n) is 9.56. The molecule has 0 fully saturated rings. The zero-order valence-electron chi connectivity index (χ0n) is 16.4. The molecule has 5 nitrogen and oxygen atoms in total. The average molecular weight is 395 g/mol. The largest absolute Gasteiger partial charge is 0.416 e. The highest BCUT2D eigenvalue weighted by Crippen LogP contribution is 2.29. The first-order valence-corrected chi connectivity index (χ1v) is 9.56. The molecule has 2 aromatic rings. The fourth-order valence-electron chi connectivity index (χ4n) is 2.75. The van der Waals surface area contributed by atoms with E-state index >= 15 is 0 Å². The van der Waals surface area contributed by atoms with Crippen LogP contribution in [0.25, 0.3) is 0 Å². The van der Waals surface area contributed by atoms with Crippen molar-refractivity contribution >= 4 is 5.96 Å². The van der Waals surface area contributed by atoms with E-state index < -0.39 is 11.7 Å². The van der Waals surface area contributed by atoms with E-state index in [4.69, 9.17) is 0 Å². The predicted molar refractivity (Wildman–Crippen MR) is 105 cm³/mol. The molecule has 1 aromatic carbocycles. The van der Waals surface area contributed by atoms with Gasteiger partial charge in [-0.2, -0.15) is 13.2 Å². The third-order valence-electron chi connectivity index (χ3n) is 4.33. The lowest BCUT2D eigenvalue weighted by Gasteiger charge is -2.12. The highest BCUT2D eigenvalue weighted by Gasteiger charge is 2.29. The van der Waals surface area contributed by atoms with Gasteiger partial charge in [0, 0.05) is 38.6 Å². The fraction of sp³-hybridized carbons (Fsp3) is 0.500. The summed E-state index contributed by atoms with van der Waals surface area (Å²) in [6.07, 6.45) is 2.10. The summed E-state index contributed by atoms with van der Waals surface area (Å²) in [5.41, 5.74) is 0.233. The van der Waals surface area contributed by atoms with Crippen LogP contribution in [-0.2, 0) is 19.1 Å². The molecule has 0 saturated heterocycles. The van der Waals surface area contributed by atoms with Gasteiger partial charge in [0.25, 0.3) is 0 Å². The van der Waals surface area contributed by atoms with Gasteiger partial charge >= 0.3 is 6.18 Å². The molecule has 1 aromatic heterocycles. The van der Waals surface area contributed by atoms with Crippen LogP contribution < -0.4 is 10.6 Å². The van der Waals surface area contributed by atoms with Crippen molar-refractivity contribution in [3.63, 3.8) is 0 Å². The van der Waals surface area contributed by atoms with Crippen molar-refractivity contribution in [2.45, 2.75) is 45.8 Å². The van der Waals surface area contributed by atoms with Crippen LogP contribution in [0, 0.1) is 6.92 Å². The van der Waals surface area contributed by atoms with Gasteiger partial charge in [0.1, 0.15) is 5.82 Å². The number of aliphatic imine (C=N–C) groups is 1. The van der Waals surface area contributed by atoms with Crippen LogP contribution in [0.2, 0.25) is 0 Å². The van der Waals surface area contributed by atoms with Crippen molar-refractivity contribution < 1.29 is 13.2 Å². The van der Waals surface area contributed by atoms with Crippen molar-refractivity contribution in [1.82, 2.24) is 20.2 Å². The maximum Gasteiger partial charge on any atom is 0.416 e. The Morgan fingerprint density at radius 2 is 1.89 bits per heavy atom. The minimum Gasteiger partial charge on any atom is -0.357 e. The molecule has 154 valence electrons. The smallest absolute Gasteiger partial charge is 0.357 e. The molecule has 0 radical (unpaired) electrons. The first kappa shape index (κ1) is 21.8. The maximum absolute atomic E-state index is 12.6. The summed E-state index contributed by atoms with van der Waals surface area (Å²) in [7, 11) is 0. The van der Waals surface area contributed by atoms with Crippen LogP contribution in [-0.4, -0.2) is 35.1 Å². The number of aromatic nitrogens is 2. The molecule has 2 N–H and O–H groups in total. The third kappa shape index (κ3) is 7.25. The van der Waals surface area contributed by atoms with Gasteiger partial charge in [-0.15, -0.1) is 0 Å². The van der Waals surface area contributed by atoms with Crippen LogP contribution in [0.4, 0.5) is 13.2 Å². The second kappa shape index (κ2) is 10.7. The number of hydrogen-bond donors (Lipinski definition) is 2. The standard InChI is InChI=1S/C20H28F3N5/c1-3-24-19(26-11-4-5-14-28-15-13-25-16(28)2)27-12-10-17-6-8-18(9-7-17)20(21,22)23/h6-9,13,15H,3-5,10-12,14H2,1-2H3,(H2,24,26,27). The predicted octanol–water partition coefficient (Wildman–Crippen LogP) is 3.79. The minimum absolute atomic E-state index is 0.603. The molecule has 0 atom stereocenters. The van der Waals surface area contributed by atoms with Crippen LogP contribution >= 0.6 is 0 Å². The SMILES string of the molecule is CCNC(=NCCCCn1ccnc1C)NCCc1ccc(C(F)(F)F)cc1. The number of nitrogens with zero attached hydrogens (tertiary/aromatic N) is 3. The molecule has 0 aliphatic heterocycles. The molecular weight excluding hydrogens is 367 g/mol. The van der Waals surface area contributed by atoms with Crippen molar-refractivity contribution in [3.05, 3.63) is 53.6 Å². The van der Waals surface area contributed by atoms with Gasteiger partial charge in [0.2, 0.25) is 0 Å². The normalized spacial score (nSPS) is 12.2. The number of hydrogen-bond acceptors (Lipinski definition) is 2. The van der Waals surface area contributed by atoms with Crippen LogP contribution in [0.15, 0.2) is 41.7 Å². The molecule has 0 unspecified atom stereocenters. The highest BCUT2D eigenvalue weighted by atomic mass is 19.4. The lowest BCUT2D eigenvalue weighted by Crippen LogP contribution is -2.38. The Labute approximate surface area is 164 Å². The molecule has 2 rings (SSSR count). The molecule has 28 heavy (non-hydrogen) atoms. The van der Waals surface area contributed by atoms with Crippen LogP contribution in [0.5, 0.6) is 0 Å². The molecule has 0 aliphatic rings. The summed E-state index contributed by atoms with van der Waals surface area (Å²) in [6, 6.07) is 5.28. The van der Waals surface area contributed by atoms with Gasteiger partial charge in [-0.05, 0) is 50.8 Å².